The van der Waals surface area contributed by atoms with Crippen LogP contribution >= 0.6 is 11.8 Å². The van der Waals surface area contributed by atoms with Gasteiger partial charge in [-0.25, -0.2) is 0 Å². The van der Waals surface area contributed by atoms with Crippen LogP contribution in [0.1, 0.15) is 11.3 Å². The van der Waals surface area contributed by atoms with Crippen LogP contribution in [0.25, 0.3) is 11.4 Å². The molecule has 2 heterocycles. The minimum absolute atomic E-state index is 0.0254. The number of benzene rings is 2. The fourth-order valence-corrected chi connectivity index (χ4v) is 4.11. The lowest BCUT2D eigenvalue weighted by Gasteiger charge is -2.17. The van der Waals surface area contributed by atoms with Gasteiger partial charge in [-0.1, -0.05) is 42.1 Å². The summed E-state index contributed by atoms with van der Waals surface area (Å²) in [6, 6.07) is 21.3. The van der Waals surface area contributed by atoms with Gasteiger partial charge in [0.1, 0.15) is 11.5 Å². The number of amides is 1. The van der Waals surface area contributed by atoms with Crippen LogP contribution in [0.2, 0.25) is 0 Å². The van der Waals surface area contributed by atoms with Crippen LogP contribution < -0.4 is 4.74 Å². The molecule has 32 heavy (non-hydrogen) atoms. The highest BCUT2D eigenvalue weighted by atomic mass is 32.2. The van der Waals surface area contributed by atoms with Crippen LogP contribution in [0.15, 0.2) is 82.6 Å². The number of ether oxygens (including phenoxy) is 1. The van der Waals surface area contributed by atoms with E-state index in [1.165, 1.54) is 11.8 Å². The minimum Gasteiger partial charge on any atom is -0.497 e. The Hall–Kier alpha value is -3.52. The van der Waals surface area contributed by atoms with Gasteiger partial charge in [0.25, 0.3) is 0 Å². The normalized spacial score (nSPS) is 10.8. The summed E-state index contributed by atoms with van der Waals surface area (Å²) in [6.45, 7) is 1.04. The first-order chi connectivity index (χ1) is 15.6. The van der Waals surface area contributed by atoms with Crippen molar-refractivity contribution in [2.24, 2.45) is 0 Å². The number of aromatic nitrogens is 3. The number of rotatable bonds is 9. The third-order valence-electron chi connectivity index (χ3n) is 4.97. The Bertz CT molecular complexity index is 1140. The van der Waals surface area contributed by atoms with Gasteiger partial charge in [-0.15, -0.1) is 10.2 Å². The molecule has 0 saturated heterocycles. The van der Waals surface area contributed by atoms with E-state index in [0.717, 1.165) is 22.6 Å². The summed E-state index contributed by atoms with van der Waals surface area (Å²) in [7, 11) is 3.45. The molecule has 0 bridgehead atoms. The van der Waals surface area contributed by atoms with Crippen molar-refractivity contribution in [3.05, 3.63) is 84.3 Å². The summed E-state index contributed by atoms with van der Waals surface area (Å²) in [6.07, 6.45) is 1.64. The molecule has 2 aromatic heterocycles. The fourth-order valence-electron chi connectivity index (χ4n) is 3.23. The number of hydrogen-bond donors (Lipinski definition) is 0. The van der Waals surface area contributed by atoms with Gasteiger partial charge in [0.2, 0.25) is 5.91 Å². The molecule has 8 heteroatoms. The number of methoxy groups -OCH3 is 1. The van der Waals surface area contributed by atoms with E-state index in [-0.39, 0.29) is 11.7 Å². The average Bonchev–Trinajstić information content (AvgIpc) is 3.48. The molecule has 2 aromatic carbocycles. The standard InChI is InChI=1S/C24H24N4O3S/c1-27(15-18-7-4-3-5-8-18)22(29)17-32-24-26-25-23(19-10-12-20(30-2)13-11-19)28(24)16-21-9-6-14-31-21/h3-14H,15-17H2,1-2H3. The van der Waals surface area contributed by atoms with E-state index in [9.17, 15) is 4.79 Å². The monoisotopic (exact) mass is 448 g/mol. The van der Waals surface area contributed by atoms with Crippen molar-refractivity contribution in [3.8, 4) is 17.1 Å². The van der Waals surface area contributed by atoms with E-state index in [2.05, 4.69) is 10.2 Å². The van der Waals surface area contributed by atoms with Gasteiger partial charge in [-0.3, -0.25) is 9.36 Å². The number of thioether (sulfide) groups is 1. The molecule has 0 unspecified atom stereocenters. The lowest BCUT2D eigenvalue weighted by Crippen LogP contribution is -2.27. The zero-order valence-electron chi connectivity index (χ0n) is 18.0. The SMILES string of the molecule is COc1ccc(-c2nnc(SCC(=O)N(C)Cc3ccccc3)n2Cc2ccco2)cc1. The van der Waals surface area contributed by atoms with Crippen molar-refractivity contribution < 1.29 is 13.9 Å². The number of carbonyl (C=O) groups is 1. The third-order valence-corrected chi connectivity index (χ3v) is 5.92. The van der Waals surface area contributed by atoms with Gasteiger partial charge in [0.05, 0.1) is 25.7 Å². The Morgan fingerprint density at radius 1 is 1.06 bits per heavy atom. The molecule has 0 aliphatic rings. The summed E-state index contributed by atoms with van der Waals surface area (Å²) >= 11 is 1.37. The number of nitrogens with zero attached hydrogens (tertiary/aromatic N) is 4. The van der Waals surface area contributed by atoms with Crippen LogP contribution in [-0.4, -0.2) is 45.5 Å². The van der Waals surface area contributed by atoms with E-state index < -0.39 is 0 Å². The first-order valence-corrected chi connectivity index (χ1v) is 11.1. The smallest absolute Gasteiger partial charge is 0.233 e. The quantitative estimate of drug-likeness (QED) is 0.355. The van der Waals surface area contributed by atoms with Gasteiger partial charge in [-0.05, 0) is 42.0 Å². The van der Waals surface area contributed by atoms with Crippen molar-refractivity contribution in [1.29, 1.82) is 0 Å². The number of carbonyl (C=O) groups excluding carboxylic acids is 1. The second-order valence-corrected chi connectivity index (χ2v) is 8.17. The van der Waals surface area contributed by atoms with Gasteiger partial charge < -0.3 is 14.1 Å². The second kappa shape index (κ2) is 10.2. The second-order valence-electron chi connectivity index (χ2n) is 7.22. The van der Waals surface area contributed by atoms with E-state index in [0.29, 0.717) is 24.1 Å². The van der Waals surface area contributed by atoms with Crippen LogP contribution in [-0.2, 0) is 17.9 Å². The first-order valence-electron chi connectivity index (χ1n) is 10.1. The number of furan rings is 1. The molecule has 7 nitrogen and oxygen atoms in total. The molecule has 1 amide bonds. The van der Waals surface area contributed by atoms with E-state index >= 15 is 0 Å². The van der Waals surface area contributed by atoms with E-state index in [4.69, 9.17) is 9.15 Å². The Balaban J connectivity index is 1.51. The maximum absolute atomic E-state index is 12.7. The van der Waals surface area contributed by atoms with Crippen molar-refractivity contribution in [3.63, 3.8) is 0 Å². The fraction of sp³-hybridized carbons (Fsp3) is 0.208. The summed E-state index contributed by atoms with van der Waals surface area (Å²) in [5, 5.41) is 9.42. The molecule has 0 aliphatic heterocycles. The van der Waals surface area contributed by atoms with Gasteiger partial charge in [0.15, 0.2) is 11.0 Å². The van der Waals surface area contributed by atoms with Crippen LogP contribution in [0.3, 0.4) is 0 Å². The largest absolute Gasteiger partial charge is 0.497 e. The molecule has 4 aromatic rings. The Morgan fingerprint density at radius 2 is 1.84 bits per heavy atom. The average molecular weight is 449 g/mol. The highest BCUT2D eigenvalue weighted by Gasteiger charge is 2.18. The molecule has 0 spiro atoms. The summed E-state index contributed by atoms with van der Waals surface area (Å²) < 4.78 is 12.8. The molecule has 164 valence electrons. The van der Waals surface area contributed by atoms with Gasteiger partial charge >= 0.3 is 0 Å². The summed E-state index contributed by atoms with van der Waals surface area (Å²) in [5.41, 5.74) is 2.00. The zero-order chi connectivity index (χ0) is 22.3. The molecular formula is C24H24N4O3S. The van der Waals surface area contributed by atoms with E-state index in [1.54, 1.807) is 18.3 Å². The summed E-state index contributed by atoms with van der Waals surface area (Å²) in [5.74, 6) is 2.55. The van der Waals surface area contributed by atoms with Crippen molar-refractivity contribution >= 4 is 17.7 Å². The molecule has 0 N–H and O–H groups in total. The number of hydrogen-bond acceptors (Lipinski definition) is 6. The van der Waals surface area contributed by atoms with Crippen LogP contribution in [0, 0.1) is 0 Å². The molecule has 0 saturated carbocycles. The lowest BCUT2D eigenvalue weighted by atomic mass is 10.2. The highest BCUT2D eigenvalue weighted by Crippen LogP contribution is 2.27. The molecule has 0 radical (unpaired) electrons. The topological polar surface area (TPSA) is 73.4 Å². The maximum atomic E-state index is 12.7. The Morgan fingerprint density at radius 3 is 2.53 bits per heavy atom. The minimum atomic E-state index is 0.0254. The maximum Gasteiger partial charge on any atom is 0.233 e. The van der Waals surface area contributed by atoms with Crippen molar-refractivity contribution in [2.75, 3.05) is 19.9 Å². The molecular weight excluding hydrogens is 424 g/mol. The Kier molecular flexibility index (Phi) is 6.91. The predicted octanol–water partition coefficient (Wildman–Crippen LogP) is 4.35. The van der Waals surface area contributed by atoms with Crippen molar-refractivity contribution in [2.45, 2.75) is 18.2 Å². The van der Waals surface area contributed by atoms with Crippen LogP contribution in [0.4, 0.5) is 0 Å². The van der Waals surface area contributed by atoms with Crippen molar-refractivity contribution in [1.82, 2.24) is 19.7 Å². The predicted molar refractivity (Wildman–Crippen MR) is 123 cm³/mol. The first kappa shape index (κ1) is 21.7. The molecule has 4 rings (SSSR count). The van der Waals surface area contributed by atoms with Gasteiger partial charge in [-0.2, -0.15) is 0 Å². The highest BCUT2D eigenvalue weighted by molar-refractivity contribution is 7.99. The van der Waals surface area contributed by atoms with Crippen LogP contribution in [0.5, 0.6) is 5.75 Å². The molecule has 0 atom stereocenters. The van der Waals surface area contributed by atoms with E-state index in [1.807, 2.05) is 78.3 Å². The molecule has 0 aliphatic carbocycles. The zero-order valence-corrected chi connectivity index (χ0v) is 18.8. The Labute approximate surface area is 191 Å². The third kappa shape index (κ3) is 5.20. The summed E-state index contributed by atoms with van der Waals surface area (Å²) in [4.78, 5) is 14.4. The molecule has 0 fully saturated rings. The van der Waals surface area contributed by atoms with Gasteiger partial charge in [0, 0.05) is 19.2 Å². The lowest BCUT2D eigenvalue weighted by molar-refractivity contribution is -0.127.